The van der Waals surface area contributed by atoms with E-state index in [9.17, 15) is 13.6 Å². The number of hydrogen-bond acceptors (Lipinski definition) is 6. The van der Waals surface area contributed by atoms with Crippen LogP contribution in [0.2, 0.25) is 0 Å². The molecule has 2 heterocycles. The van der Waals surface area contributed by atoms with Crippen LogP contribution < -0.4 is 9.64 Å². The first-order chi connectivity index (χ1) is 14.0. The molecule has 0 spiro atoms. The van der Waals surface area contributed by atoms with Gasteiger partial charge < -0.3 is 4.74 Å². The normalized spacial score (nSPS) is 15.2. The van der Waals surface area contributed by atoms with Crippen molar-refractivity contribution < 1.29 is 18.3 Å². The molecule has 3 aromatic rings. The smallest absolute Gasteiger partial charge is 0.247 e. The molecule has 1 aromatic heterocycles. The Balaban J connectivity index is 1.96. The Morgan fingerprint density at radius 3 is 2.55 bits per heavy atom. The number of carbonyl (C=O) groups is 1. The van der Waals surface area contributed by atoms with Crippen molar-refractivity contribution in [1.29, 1.82) is 0 Å². The summed E-state index contributed by atoms with van der Waals surface area (Å²) in [6.45, 7) is 3.32. The molecule has 0 radical (unpaired) electrons. The molecule has 1 amide bonds. The molecule has 6 nitrogen and oxygen atoms in total. The largest absolute Gasteiger partial charge is 0.447 e. The van der Waals surface area contributed by atoms with Crippen molar-refractivity contribution in [1.82, 2.24) is 15.2 Å². The number of rotatable bonds is 3. The van der Waals surface area contributed by atoms with E-state index in [4.69, 9.17) is 4.74 Å². The molecule has 0 saturated carbocycles. The van der Waals surface area contributed by atoms with Crippen LogP contribution >= 0.6 is 11.8 Å². The highest BCUT2D eigenvalue weighted by atomic mass is 32.2. The van der Waals surface area contributed by atoms with Crippen LogP contribution in [0, 0.1) is 11.6 Å². The van der Waals surface area contributed by atoms with Crippen molar-refractivity contribution in [2.75, 3.05) is 10.7 Å². The van der Waals surface area contributed by atoms with E-state index in [-0.39, 0.29) is 17.5 Å². The van der Waals surface area contributed by atoms with Gasteiger partial charge in [0.05, 0.1) is 5.69 Å². The number of nitrogens with zero attached hydrogens (tertiary/aromatic N) is 4. The summed E-state index contributed by atoms with van der Waals surface area (Å²) in [6, 6.07) is 9.63. The molecule has 0 N–H and O–H groups in total. The van der Waals surface area contributed by atoms with E-state index in [2.05, 4.69) is 15.2 Å². The van der Waals surface area contributed by atoms with Gasteiger partial charge in [-0.05, 0) is 36.1 Å². The molecule has 0 aliphatic carbocycles. The van der Waals surface area contributed by atoms with Gasteiger partial charge in [0, 0.05) is 18.1 Å². The standard InChI is InChI=1S/C20H16F2N4O2S/c1-3-29-20-23-18-17(24-25-20)15-10-14(22)8-9-16(15)26(11(2)27)19(28-18)12-4-6-13(21)7-5-12/h4-10,19H,3H2,1-2H3/t19-/m0/s1. The zero-order chi connectivity index (χ0) is 20.5. The van der Waals surface area contributed by atoms with Gasteiger partial charge in [-0.1, -0.05) is 30.8 Å². The molecule has 0 unspecified atom stereocenters. The highest BCUT2D eigenvalue weighted by Crippen LogP contribution is 2.43. The average molecular weight is 414 g/mol. The Bertz CT molecular complexity index is 1080. The Kier molecular flexibility index (Phi) is 5.14. The van der Waals surface area contributed by atoms with Crippen LogP contribution in [0.15, 0.2) is 47.6 Å². The van der Waals surface area contributed by atoms with Crippen LogP contribution in [0.3, 0.4) is 0 Å². The minimum Gasteiger partial charge on any atom is -0.447 e. The van der Waals surface area contributed by atoms with Gasteiger partial charge >= 0.3 is 0 Å². The lowest BCUT2D eigenvalue weighted by Gasteiger charge is -2.29. The van der Waals surface area contributed by atoms with Gasteiger partial charge in [0.1, 0.15) is 11.6 Å². The van der Waals surface area contributed by atoms with Gasteiger partial charge in [-0.15, -0.1) is 10.2 Å². The van der Waals surface area contributed by atoms with Crippen molar-refractivity contribution in [2.45, 2.75) is 25.2 Å². The molecule has 0 fully saturated rings. The van der Waals surface area contributed by atoms with Crippen molar-refractivity contribution in [2.24, 2.45) is 0 Å². The van der Waals surface area contributed by atoms with Crippen LogP contribution in [0.5, 0.6) is 5.88 Å². The van der Waals surface area contributed by atoms with Crippen molar-refractivity contribution in [3.05, 3.63) is 59.7 Å². The fourth-order valence-corrected chi connectivity index (χ4v) is 3.62. The SMILES string of the molecule is CCSc1nnc2c(n1)O[C@@H](c1ccc(F)cc1)N(C(C)=O)c1ccc(F)cc1-2. The Morgan fingerprint density at radius 1 is 1.14 bits per heavy atom. The zero-order valence-corrected chi connectivity index (χ0v) is 16.4. The summed E-state index contributed by atoms with van der Waals surface area (Å²) in [5.74, 6) is -0.387. The molecule has 2 aromatic carbocycles. The van der Waals surface area contributed by atoms with Gasteiger partial charge in [-0.3, -0.25) is 9.69 Å². The molecule has 1 atom stereocenters. The summed E-state index contributed by atoms with van der Waals surface area (Å²) >= 11 is 1.38. The molecule has 0 saturated heterocycles. The summed E-state index contributed by atoms with van der Waals surface area (Å²) in [5.41, 5.74) is 1.51. The van der Waals surface area contributed by atoms with Gasteiger partial charge in [0.25, 0.3) is 0 Å². The second-order valence-corrected chi connectivity index (χ2v) is 7.48. The lowest BCUT2D eigenvalue weighted by Crippen LogP contribution is -2.36. The van der Waals surface area contributed by atoms with E-state index >= 15 is 0 Å². The minimum absolute atomic E-state index is 0.126. The van der Waals surface area contributed by atoms with Crippen LogP contribution in [0.1, 0.15) is 25.6 Å². The topological polar surface area (TPSA) is 68.2 Å². The fraction of sp³-hybridized carbons (Fsp3) is 0.200. The molecule has 4 rings (SSSR count). The van der Waals surface area contributed by atoms with Crippen LogP contribution in [0.4, 0.5) is 14.5 Å². The molecular formula is C20H16F2N4O2S. The summed E-state index contributed by atoms with van der Waals surface area (Å²) < 4.78 is 33.6. The predicted octanol–water partition coefficient (Wildman–Crippen LogP) is 4.37. The maximum absolute atomic E-state index is 14.1. The summed E-state index contributed by atoms with van der Waals surface area (Å²) in [4.78, 5) is 18.4. The number of benzene rings is 2. The third-order valence-corrected chi connectivity index (χ3v) is 5.05. The lowest BCUT2D eigenvalue weighted by atomic mass is 10.1. The maximum Gasteiger partial charge on any atom is 0.247 e. The number of amides is 1. The van der Waals surface area contributed by atoms with E-state index in [0.717, 1.165) is 5.75 Å². The highest BCUT2D eigenvalue weighted by Gasteiger charge is 2.34. The van der Waals surface area contributed by atoms with Crippen molar-refractivity contribution in [3.63, 3.8) is 0 Å². The van der Waals surface area contributed by atoms with E-state index in [1.807, 2.05) is 6.92 Å². The number of halogens is 2. The number of anilines is 1. The van der Waals surface area contributed by atoms with Crippen molar-refractivity contribution >= 4 is 23.4 Å². The second-order valence-electron chi connectivity index (χ2n) is 6.25. The fourth-order valence-electron chi connectivity index (χ4n) is 3.11. The van der Waals surface area contributed by atoms with Gasteiger partial charge in [-0.2, -0.15) is 4.98 Å². The third kappa shape index (κ3) is 3.65. The zero-order valence-electron chi connectivity index (χ0n) is 15.6. The summed E-state index contributed by atoms with van der Waals surface area (Å²) in [5, 5.41) is 8.67. The quantitative estimate of drug-likeness (QED) is 0.593. The van der Waals surface area contributed by atoms with Crippen LogP contribution in [-0.2, 0) is 4.79 Å². The number of fused-ring (bicyclic) bond motifs is 3. The first kappa shape index (κ1) is 19.3. The molecule has 1 aliphatic heterocycles. The molecule has 148 valence electrons. The Hall–Kier alpha value is -3.07. The summed E-state index contributed by atoms with van der Waals surface area (Å²) in [6.07, 6.45) is -0.935. The molecule has 1 aliphatic rings. The average Bonchev–Trinajstić information content (AvgIpc) is 2.83. The number of hydrogen-bond donors (Lipinski definition) is 0. The first-order valence-electron chi connectivity index (χ1n) is 8.87. The second kappa shape index (κ2) is 7.75. The van der Waals surface area contributed by atoms with Gasteiger partial charge in [-0.25, -0.2) is 8.78 Å². The van der Waals surface area contributed by atoms with Crippen molar-refractivity contribution in [3.8, 4) is 17.1 Å². The van der Waals surface area contributed by atoms with E-state index in [1.165, 1.54) is 66.1 Å². The predicted molar refractivity (Wildman–Crippen MR) is 105 cm³/mol. The number of aromatic nitrogens is 3. The molecule has 0 bridgehead atoms. The van der Waals surface area contributed by atoms with Gasteiger partial charge in [0.15, 0.2) is 5.69 Å². The maximum atomic E-state index is 14.1. The van der Waals surface area contributed by atoms with Crippen LogP contribution in [0.25, 0.3) is 11.3 Å². The summed E-state index contributed by atoms with van der Waals surface area (Å²) in [7, 11) is 0. The Labute approximate surface area is 169 Å². The number of carbonyl (C=O) groups excluding carboxylic acids is 1. The monoisotopic (exact) mass is 414 g/mol. The molecule has 29 heavy (non-hydrogen) atoms. The highest BCUT2D eigenvalue weighted by molar-refractivity contribution is 7.99. The minimum atomic E-state index is -0.935. The van der Waals surface area contributed by atoms with E-state index in [1.54, 1.807) is 0 Å². The molecular weight excluding hydrogens is 398 g/mol. The first-order valence-corrected chi connectivity index (χ1v) is 9.86. The lowest BCUT2D eigenvalue weighted by molar-refractivity contribution is -0.118. The van der Waals surface area contributed by atoms with E-state index < -0.39 is 17.9 Å². The third-order valence-electron chi connectivity index (χ3n) is 4.33. The molecule has 9 heteroatoms. The van der Waals surface area contributed by atoms with Gasteiger partial charge in [0.2, 0.25) is 23.2 Å². The number of ether oxygens (including phenoxy) is 1. The Morgan fingerprint density at radius 2 is 1.86 bits per heavy atom. The van der Waals surface area contributed by atoms with Crippen LogP contribution in [-0.4, -0.2) is 26.8 Å². The van der Waals surface area contributed by atoms with E-state index in [0.29, 0.717) is 22.0 Å². The number of thioether (sulfide) groups is 1.